The van der Waals surface area contributed by atoms with Crippen LogP contribution in [0.1, 0.15) is 16.8 Å². The lowest BCUT2D eigenvalue weighted by Crippen LogP contribution is -2.30. The molecule has 0 aliphatic carbocycles. The van der Waals surface area contributed by atoms with Gasteiger partial charge in [-0.05, 0) is 12.5 Å². The summed E-state index contributed by atoms with van der Waals surface area (Å²) in [4.78, 5) is 26.6. The summed E-state index contributed by atoms with van der Waals surface area (Å²) in [6.07, 6.45) is 6.50. The van der Waals surface area contributed by atoms with E-state index in [1.807, 2.05) is 0 Å². The minimum absolute atomic E-state index is 0.119. The van der Waals surface area contributed by atoms with Crippen molar-refractivity contribution < 1.29 is 9.90 Å². The first kappa shape index (κ1) is 14.5. The van der Waals surface area contributed by atoms with Gasteiger partial charge in [0.25, 0.3) is 5.91 Å². The summed E-state index contributed by atoms with van der Waals surface area (Å²) in [6.45, 7) is 0.796. The molecule has 0 radical (unpaired) electrons. The van der Waals surface area contributed by atoms with Crippen LogP contribution < -0.4 is 5.73 Å². The van der Waals surface area contributed by atoms with E-state index in [0.717, 1.165) is 5.56 Å². The highest BCUT2D eigenvalue weighted by atomic mass is 16.3. The number of fused-ring (bicyclic) bond motifs is 1. The number of aliphatic hydroxyl groups excluding tert-OH is 1. The van der Waals surface area contributed by atoms with Gasteiger partial charge in [0, 0.05) is 37.2 Å². The number of aliphatic hydroxyl groups is 1. The largest absolute Gasteiger partial charge is 0.391 e. The van der Waals surface area contributed by atoms with Crippen molar-refractivity contribution in [1.82, 2.24) is 29.5 Å². The van der Waals surface area contributed by atoms with Crippen LogP contribution >= 0.6 is 0 Å². The highest BCUT2D eigenvalue weighted by molar-refractivity contribution is 6.04. The van der Waals surface area contributed by atoms with Crippen LogP contribution in [0.5, 0.6) is 0 Å². The second kappa shape index (κ2) is 5.53. The van der Waals surface area contributed by atoms with Crippen LogP contribution in [0.2, 0.25) is 0 Å². The first-order valence-corrected chi connectivity index (χ1v) is 7.51. The van der Waals surface area contributed by atoms with Gasteiger partial charge in [-0.2, -0.15) is 0 Å². The molecule has 24 heavy (non-hydrogen) atoms. The third kappa shape index (κ3) is 2.35. The molecular formula is C15H15N7O2. The average Bonchev–Trinajstić information content (AvgIpc) is 3.17. The molecule has 0 spiro atoms. The lowest BCUT2D eigenvalue weighted by atomic mass is 10.2. The number of carbonyl (C=O) groups is 1. The summed E-state index contributed by atoms with van der Waals surface area (Å²) in [5.74, 6) is -0.143. The van der Waals surface area contributed by atoms with E-state index in [9.17, 15) is 9.90 Å². The minimum Gasteiger partial charge on any atom is -0.391 e. The first-order chi connectivity index (χ1) is 11.6. The molecule has 0 aromatic carbocycles. The Balaban J connectivity index is 1.75. The van der Waals surface area contributed by atoms with E-state index in [-0.39, 0.29) is 17.3 Å². The summed E-state index contributed by atoms with van der Waals surface area (Å²) >= 11 is 0. The van der Waals surface area contributed by atoms with Crippen molar-refractivity contribution in [2.45, 2.75) is 12.5 Å². The molecule has 1 saturated heterocycles. The number of nitrogens with two attached hydrogens (primary N) is 1. The molecule has 1 unspecified atom stereocenters. The van der Waals surface area contributed by atoms with Crippen molar-refractivity contribution in [1.29, 1.82) is 0 Å². The molecule has 1 fully saturated rings. The van der Waals surface area contributed by atoms with Gasteiger partial charge >= 0.3 is 0 Å². The highest BCUT2D eigenvalue weighted by Gasteiger charge is 2.29. The highest BCUT2D eigenvalue weighted by Crippen LogP contribution is 2.23. The number of rotatable bonds is 2. The van der Waals surface area contributed by atoms with Gasteiger partial charge in [0.05, 0.1) is 11.8 Å². The SMILES string of the molecule is Nc1nn2cc(-c3ccncn3)cnc2c1C(=O)N1CCC(O)C1. The zero-order valence-electron chi connectivity index (χ0n) is 12.7. The van der Waals surface area contributed by atoms with Crippen LogP contribution in [-0.2, 0) is 0 Å². The number of amides is 1. The molecule has 1 amide bonds. The normalized spacial score (nSPS) is 17.5. The Kier molecular flexibility index (Phi) is 3.35. The summed E-state index contributed by atoms with van der Waals surface area (Å²) in [7, 11) is 0. The number of anilines is 1. The van der Waals surface area contributed by atoms with Gasteiger partial charge in [0.15, 0.2) is 11.5 Å². The Hall–Kier alpha value is -3.07. The molecule has 4 heterocycles. The number of nitrogens with zero attached hydrogens (tertiary/aromatic N) is 6. The molecule has 122 valence electrons. The van der Waals surface area contributed by atoms with Crippen LogP contribution in [0, 0.1) is 0 Å². The molecule has 0 bridgehead atoms. The predicted molar refractivity (Wildman–Crippen MR) is 85.0 cm³/mol. The van der Waals surface area contributed by atoms with Crippen LogP contribution in [0.15, 0.2) is 31.0 Å². The second-order valence-electron chi connectivity index (χ2n) is 5.66. The lowest BCUT2D eigenvalue weighted by Gasteiger charge is -2.14. The van der Waals surface area contributed by atoms with Crippen molar-refractivity contribution in [2.75, 3.05) is 18.8 Å². The summed E-state index contributed by atoms with van der Waals surface area (Å²) < 4.78 is 1.48. The maximum absolute atomic E-state index is 12.7. The van der Waals surface area contributed by atoms with Crippen LogP contribution in [-0.4, -0.2) is 59.7 Å². The number of β-amino-alcohol motifs (C(OH)–C–C–N with tert-alkyl or cyclic N) is 1. The second-order valence-corrected chi connectivity index (χ2v) is 5.66. The van der Waals surface area contributed by atoms with E-state index in [1.165, 1.54) is 10.8 Å². The fraction of sp³-hybridized carbons (Fsp3) is 0.267. The molecule has 3 N–H and O–H groups in total. The standard InChI is InChI=1S/C15H15N7O2/c16-13-12(15(24)21-4-2-10(23)7-21)14-18-5-9(6-22(14)20-13)11-1-3-17-8-19-11/h1,3,5-6,8,10,23H,2,4,7H2,(H2,16,20). The molecule has 1 aliphatic rings. The van der Waals surface area contributed by atoms with E-state index < -0.39 is 6.10 Å². The number of carbonyl (C=O) groups excluding carboxylic acids is 1. The van der Waals surface area contributed by atoms with E-state index in [1.54, 1.807) is 29.6 Å². The summed E-state index contributed by atoms with van der Waals surface area (Å²) in [6, 6.07) is 1.76. The van der Waals surface area contributed by atoms with Gasteiger partial charge in [0.1, 0.15) is 11.9 Å². The van der Waals surface area contributed by atoms with Gasteiger partial charge in [-0.3, -0.25) is 4.79 Å². The fourth-order valence-corrected chi connectivity index (χ4v) is 2.84. The molecular weight excluding hydrogens is 310 g/mol. The van der Waals surface area contributed by atoms with Crippen molar-refractivity contribution >= 4 is 17.4 Å². The predicted octanol–water partition coefficient (Wildman–Crippen LogP) is -0.0247. The minimum atomic E-state index is -0.491. The molecule has 9 nitrogen and oxygen atoms in total. The third-order valence-corrected chi connectivity index (χ3v) is 4.04. The molecule has 1 aliphatic heterocycles. The number of hydrogen-bond donors (Lipinski definition) is 2. The monoisotopic (exact) mass is 325 g/mol. The molecule has 9 heteroatoms. The van der Waals surface area contributed by atoms with E-state index >= 15 is 0 Å². The number of aromatic nitrogens is 5. The van der Waals surface area contributed by atoms with Crippen molar-refractivity contribution in [3.05, 3.63) is 36.5 Å². The first-order valence-electron chi connectivity index (χ1n) is 7.51. The van der Waals surface area contributed by atoms with Crippen LogP contribution in [0.3, 0.4) is 0 Å². The molecule has 1 atom stereocenters. The quantitative estimate of drug-likeness (QED) is 0.678. The van der Waals surface area contributed by atoms with E-state index in [0.29, 0.717) is 30.9 Å². The van der Waals surface area contributed by atoms with Crippen molar-refractivity contribution in [2.24, 2.45) is 0 Å². The maximum Gasteiger partial charge on any atom is 0.261 e. The molecule has 0 saturated carbocycles. The zero-order chi connectivity index (χ0) is 16.7. The van der Waals surface area contributed by atoms with Gasteiger partial charge in [0.2, 0.25) is 0 Å². The lowest BCUT2D eigenvalue weighted by molar-refractivity contribution is 0.0767. The summed E-state index contributed by atoms with van der Waals surface area (Å²) in [5, 5.41) is 13.8. The Morgan fingerprint density at radius 1 is 1.38 bits per heavy atom. The molecule has 3 aromatic heterocycles. The Bertz CT molecular complexity index is 909. The van der Waals surface area contributed by atoms with E-state index in [4.69, 9.17) is 5.73 Å². The van der Waals surface area contributed by atoms with Gasteiger partial charge in [-0.1, -0.05) is 0 Å². The summed E-state index contributed by atoms with van der Waals surface area (Å²) in [5.41, 5.74) is 8.02. The van der Waals surface area contributed by atoms with Crippen LogP contribution in [0.4, 0.5) is 5.82 Å². The Morgan fingerprint density at radius 3 is 2.96 bits per heavy atom. The number of hydrogen-bond acceptors (Lipinski definition) is 7. The number of likely N-dealkylation sites (tertiary alicyclic amines) is 1. The smallest absolute Gasteiger partial charge is 0.261 e. The van der Waals surface area contributed by atoms with Gasteiger partial charge in [-0.25, -0.2) is 19.5 Å². The van der Waals surface area contributed by atoms with Gasteiger partial charge < -0.3 is 15.7 Å². The van der Waals surface area contributed by atoms with Crippen LogP contribution in [0.25, 0.3) is 16.9 Å². The molecule has 4 rings (SSSR count). The zero-order valence-corrected chi connectivity index (χ0v) is 12.7. The fourth-order valence-electron chi connectivity index (χ4n) is 2.84. The van der Waals surface area contributed by atoms with Crippen molar-refractivity contribution in [3.8, 4) is 11.3 Å². The topological polar surface area (TPSA) is 123 Å². The average molecular weight is 325 g/mol. The Labute approximate surface area is 136 Å². The van der Waals surface area contributed by atoms with Crippen molar-refractivity contribution in [3.63, 3.8) is 0 Å². The Morgan fingerprint density at radius 2 is 2.25 bits per heavy atom. The van der Waals surface area contributed by atoms with Gasteiger partial charge in [-0.15, -0.1) is 5.10 Å². The third-order valence-electron chi connectivity index (χ3n) is 4.04. The number of nitrogen functional groups attached to an aromatic ring is 1. The van der Waals surface area contributed by atoms with E-state index in [2.05, 4.69) is 20.1 Å². The molecule has 3 aromatic rings. The maximum atomic E-state index is 12.7.